The van der Waals surface area contributed by atoms with E-state index in [0.717, 1.165) is 0 Å². The fourth-order valence-electron chi connectivity index (χ4n) is 2.73. The highest BCUT2D eigenvalue weighted by atomic mass is 16.7. The van der Waals surface area contributed by atoms with Crippen LogP contribution in [-0.4, -0.2) is 54.5 Å². The molecule has 2 aliphatic heterocycles. The van der Waals surface area contributed by atoms with Crippen LogP contribution in [0.1, 0.15) is 5.56 Å². The minimum absolute atomic E-state index is 0.0677. The molecule has 3 heterocycles. The summed E-state index contributed by atoms with van der Waals surface area (Å²) >= 11 is 0. The number of nitrogens with zero attached hydrogens (tertiary/aromatic N) is 1. The number of hydrogen-bond acceptors (Lipinski definition) is 6. The normalized spacial score (nSPS) is 30.7. The van der Waals surface area contributed by atoms with Crippen LogP contribution in [0.25, 0.3) is 0 Å². The number of ether oxygens (including phenoxy) is 4. The molecule has 8 nitrogen and oxygen atoms in total. The molecule has 8 heteroatoms. The van der Waals surface area contributed by atoms with Crippen LogP contribution in [0.4, 0.5) is 0 Å². The summed E-state index contributed by atoms with van der Waals surface area (Å²) in [6, 6.07) is 0. The van der Waals surface area contributed by atoms with Crippen molar-refractivity contribution in [3.05, 3.63) is 32.6 Å². The molecule has 0 bridgehead atoms. The van der Waals surface area contributed by atoms with Crippen molar-refractivity contribution in [2.75, 3.05) is 14.2 Å². The molecule has 0 aromatic carbocycles. The molecule has 116 valence electrons. The minimum Gasteiger partial charge on any atom is -0.364 e. The van der Waals surface area contributed by atoms with Crippen LogP contribution in [0.3, 0.4) is 0 Å². The summed E-state index contributed by atoms with van der Waals surface area (Å²) in [6.45, 7) is 1.96. The summed E-state index contributed by atoms with van der Waals surface area (Å²) in [4.78, 5) is 25.4. The quantitative estimate of drug-likeness (QED) is 0.553. The zero-order chi connectivity index (χ0) is 15.1. The van der Waals surface area contributed by atoms with E-state index >= 15 is 0 Å². The number of rotatable bonds is 5. The summed E-state index contributed by atoms with van der Waals surface area (Å²) in [6.07, 6.45) is 0.310. The minimum atomic E-state index is -0.501. The Balaban J connectivity index is 1.75. The van der Waals surface area contributed by atoms with E-state index in [2.05, 4.69) is 4.98 Å². The Hall–Kier alpha value is -1.48. The van der Waals surface area contributed by atoms with Gasteiger partial charge < -0.3 is 18.9 Å². The van der Waals surface area contributed by atoms with Crippen LogP contribution in [-0.2, 0) is 25.5 Å². The molecule has 21 heavy (non-hydrogen) atoms. The van der Waals surface area contributed by atoms with Crippen molar-refractivity contribution < 1.29 is 18.9 Å². The molecule has 1 N–H and O–H groups in total. The van der Waals surface area contributed by atoms with Crippen LogP contribution in [0.2, 0.25) is 0 Å². The smallest absolute Gasteiger partial charge is 0.328 e. The first-order valence-corrected chi connectivity index (χ1v) is 6.72. The van der Waals surface area contributed by atoms with Gasteiger partial charge in [0.25, 0.3) is 5.56 Å². The highest BCUT2D eigenvalue weighted by Gasteiger charge is 2.60. The highest BCUT2D eigenvalue weighted by molar-refractivity contribution is 5.06. The Bertz CT molecular complexity index is 634. The van der Waals surface area contributed by atoms with E-state index < -0.39 is 12.0 Å². The van der Waals surface area contributed by atoms with Crippen LogP contribution in [0.5, 0.6) is 0 Å². The van der Waals surface area contributed by atoms with Crippen LogP contribution in [0, 0.1) is 6.92 Å². The third-order valence-electron chi connectivity index (χ3n) is 3.88. The largest absolute Gasteiger partial charge is 0.364 e. The van der Waals surface area contributed by atoms with Crippen molar-refractivity contribution >= 4 is 0 Å². The van der Waals surface area contributed by atoms with Crippen molar-refractivity contribution in [3.63, 3.8) is 0 Å². The van der Waals surface area contributed by atoms with Gasteiger partial charge >= 0.3 is 5.69 Å². The lowest BCUT2D eigenvalue weighted by molar-refractivity contribution is -0.196. The molecule has 1 aromatic rings. The number of fused-ring (bicyclic) bond motifs is 1. The predicted octanol–water partition coefficient (Wildman–Crippen LogP) is -1.00. The van der Waals surface area contributed by atoms with Gasteiger partial charge in [-0.2, -0.15) is 0 Å². The summed E-state index contributed by atoms with van der Waals surface area (Å²) in [5.41, 5.74) is -0.352. The maximum atomic E-state index is 11.8. The number of aromatic nitrogens is 2. The zero-order valence-corrected chi connectivity index (χ0v) is 12.1. The molecular formula is C13H18N2O6. The molecule has 2 saturated heterocycles. The molecule has 0 radical (unpaired) electrons. The number of hydrogen-bond donors (Lipinski definition) is 1. The second-order valence-electron chi connectivity index (χ2n) is 5.27. The van der Waals surface area contributed by atoms with E-state index in [1.54, 1.807) is 6.92 Å². The SMILES string of the molecule is COC(OC)[C@@H]1O[C@@H](Cn2cc(C)c(=O)[nH]c2=O)[C@H]2O[C@H]21. The van der Waals surface area contributed by atoms with E-state index in [1.807, 2.05) is 0 Å². The monoisotopic (exact) mass is 298 g/mol. The van der Waals surface area contributed by atoms with E-state index in [9.17, 15) is 9.59 Å². The second kappa shape index (κ2) is 5.38. The Morgan fingerprint density at radius 2 is 2.00 bits per heavy atom. The van der Waals surface area contributed by atoms with Crippen LogP contribution >= 0.6 is 0 Å². The average molecular weight is 298 g/mol. The first kappa shape index (κ1) is 14.5. The molecule has 0 amide bonds. The summed E-state index contributed by atoms with van der Waals surface area (Å²) in [7, 11) is 3.08. The van der Waals surface area contributed by atoms with E-state index in [4.69, 9.17) is 18.9 Å². The Morgan fingerprint density at radius 1 is 1.29 bits per heavy atom. The third kappa shape index (κ3) is 2.55. The van der Waals surface area contributed by atoms with Crippen molar-refractivity contribution in [1.82, 2.24) is 9.55 Å². The molecule has 0 aliphatic carbocycles. The lowest BCUT2D eigenvalue weighted by atomic mass is 10.2. The Morgan fingerprint density at radius 3 is 2.67 bits per heavy atom. The van der Waals surface area contributed by atoms with Gasteiger partial charge in [0.1, 0.15) is 24.4 Å². The fraction of sp³-hybridized carbons (Fsp3) is 0.692. The van der Waals surface area contributed by atoms with E-state index in [0.29, 0.717) is 12.1 Å². The second-order valence-corrected chi connectivity index (χ2v) is 5.27. The Kier molecular flexibility index (Phi) is 3.70. The maximum absolute atomic E-state index is 11.8. The number of methoxy groups -OCH3 is 2. The van der Waals surface area contributed by atoms with Gasteiger partial charge in [-0.3, -0.25) is 14.3 Å². The molecule has 0 saturated carbocycles. The molecule has 1 aromatic heterocycles. The molecule has 4 atom stereocenters. The third-order valence-corrected chi connectivity index (χ3v) is 3.88. The van der Waals surface area contributed by atoms with Crippen molar-refractivity contribution in [3.8, 4) is 0 Å². The number of epoxide rings is 1. The van der Waals surface area contributed by atoms with Crippen molar-refractivity contribution in [2.45, 2.75) is 44.2 Å². The molecule has 2 aliphatic rings. The first-order chi connectivity index (χ1) is 10.0. The first-order valence-electron chi connectivity index (χ1n) is 6.72. The summed E-state index contributed by atoms with van der Waals surface area (Å²) < 4.78 is 23.2. The lowest BCUT2D eigenvalue weighted by Crippen LogP contribution is -2.38. The van der Waals surface area contributed by atoms with Gasteiger partial charge in [-0.15, -0.1) is 0 Å². The molecule has 2 fully saturated rings. The number of H-pyrrole nitrogens is 1. The van der Waals surface area contributed by atoms with E-state index in [1.165, 1.54) is 25.0 Å². The Labute approximate surface area is 120 Å². The summed E-state index contributed by atoms with van der Waals surface area (Å²) in [5, 5.41) is 0. The topological polar surface area (TPSA) is 95.1 Å². The average Bonchev–Trinajstić information content (AvgIpc) is 3.17. The van der Waals surface area contributed by atoms with Crippen molar-refractivity contribution in [2.24, 2.45) is 0 Å². The fourth-order valence-corrected chi connectivity index (χ4v) is 2.73. The van der Waals surface area contributed by atoms with Crippen LogP contribution < -0.4 is 11.2 Å². The molecule has 0 unspecified atom stereocenters. The number of aryl methyl sites for hydroxylation is 1. The predicted molar refractivity (Wildman–Crippen MR) is 71.2 cm³/mol. The van der Waals surface area contributed by atoms with Gasteiger partial charge in [-0.1, -0.05) is 0 Å². The van der Waals surface area contributed by atoms with E-state index in [-0.39, 0.29) is 30.0 Å². The zero-order valence-electron chi connectivity index (χ0n) is 12.1. The maximum Gasteiger partial charge on any atom is 0.328 e. The van der Waals surface area contributed by atoms with Gasteiger partial charge in [-0.25, -0.2) is 4.79 Å². The highest BCUT2D eigenvalue weighted by Crippen LogP contribution is 2.41. The number of aromatic amines is 1. The summed E-state index contributed by atoms with van der Waals surface area (Å²) in [5.74, 6) is 0. The van der Waals surface area contributed by atoms with Gasteiger partial charge in [0.15, 0.2) is 6.29 Å². The molecule has 3 rings (SSSR count). The van der Waals surface area contributed by atoms with Gasteiger partial charge in [0.05, 0.1) is 6.54 Å². The van der Waals surface area contributed by atoms with Gasteiger partial charge in [-0.05, 0) is 6.92 Å². The standard InChI is InChI=1S/C13H18N2O6/c1-6-4-15(13(17)14-11(6)16)5-7-8-9(21-8)10(20-7)12(18-2)19-3/h4,7-10,12H,5H2,1-3H3,(H,14,16,17)/t7-,8+,9+,10+/m0/s1. The van der Waals surface area contributed by atoms with Crippen LogP contribution in [0.15, 0.2) is 15.8 Å². The van der Waals surface area contributed by atoms with Crippen molar-refractivity contribution in [1.29, 1.82) is 0 Å². The molecular weight excluding hydrogens is 280 g/mol. The lowest BCUT2D eigenvalue weighted by Gasteiger charge is -2.23. The van der Waals surface area contributed by atoms with Gasteiger partial charge in [0.2, 0.25) is 0 Å². The number of nitrogens with one attached hydrogen (secondary N) is 1. The van der Waals surface area contributed by atoms with Gasteiger partial charge in [0, 0.05) is 26.0 Å². The molecule has 0 spiro atoms.